The van der Waals surface area contributed by atoms with E-state index in [1.807, 2.05) is 0 Å². The summed E-state index contributed by atoms with van der Waals surface area (Å²) in [6.07, 6.45) is -4.14. The van der Waals surface area contributed by atoms with Crippen LogP contribution in [0, 0.1) is 0 Å². The molecule has 1 aromatic rings. The van der Waals surface area contributed by atoms with Gasteiger partial charge in [0.05, 0.1) is 12.1 Å². The second-order valence-electron chi connectivity index (χ2n) is 7.26. The van der Waals surface area contributed by atoms with E-state index in [4.69, 9.17) is 4.74 Å². The van der Waals surface area contributed by atoms with Gasteiger partial charge >= 0.3 is 12.4 Å². The topological polar surface area (TPSA) is 71.1 Å². The number of urea groups is 1. The number of fused-ring (bicyclic) bond motifs is 1. The van der Waals surface area contributed by atoms with Crippen molar-refractivity contribution in [1.82, 2.24) is 15.1 Å². The molecule has 0 radical (unpaired) electrons. The average molecular weight is 399 g/mol. The summed E-state index contributed by atoms with van der Waals surface area (Å²) < 4.78 is 46.6. The fraction of sp³-hybridized carbons (Fsp3) is 0.556. The Bertz CT molecular complexity index is 767. The lowest BCUT2D eigenvalue weighted by Crippen LogP contribution is -2.63. The van der Waals surface area contributed by atoms with Crippen molar-refractivity contribution in [2.45, 2.75) is 30.8 Å². The molecule has 4 rings (SSSR count). The predicted molar refractivity (Wildman–Crippen MR) is 90.7 cm³/mol. The number of benzene rings is 1. The summed E-state index contributed by atoms with van der Waals surface area (Å²) in [5, 5.41) is 2.86. The SMILES string of the molecule is O=C1CO[C@H]2CCN(C(=O)N3CC(c4cccc(OC(F)(F)F)c4)C3)C[C@H]2N1. The number of rotatable bonds is 2. The molecule has 28 heavy (non-hydrogen) atoms. The van der Waals surface area contributed by atoms with E-state index in [1.54, 1.807) is 15.9 Å². The van der Waals surface area contributed by atoms with E-state index in [1.165, 1.54) is 18.2 Å². The maximum Gasteiger partial charge on any atom is 0.573 e. The number of nitrogens with one attached hydrogen (secondary N) is 1. The molecule has 0 aromatic heterocycles. The summed E-state index contributed by atoms with van der Waals surface area (Å²) >= 11 is 0. The number of hydrogen-bond acceptors (Lipinski definition) is 4. The number of carbonyl (C=O) groups excluding carboxylic acids is 2. The number of amides is 3. The number of halogens is 3. The molecule has 10 heteroatoms. The van der Waals surface area contributed by atoms with Gasteiger partial charge in [0.25, 0.3) is 0 Å². The van der Waals surface area contributed by atoms with Crippen molar-refractivity contribution in [1.29, 1.82) is 0 Å². The van der Waals surface area contributed by atoms with E-state index < -0.39 is 6.36 Å². The van der Waals surface area contributed by atoms with Gasteiger partial charge in [-0.2, -0.15) is 0 Å². The van der Waals surface area contributed by atoms with Crippen molar-refractivity contribution in [3.05, 3.63) is 29.8 Å². The zero-order valence-electron chi connectivity index (χ0n) is 14.9. The first-order chi connectivity index (χ1) is 13.3. The minimum Gasteiger partial charge on any atom is -0.406 e. The summed E-state index contributed by atoms with van der Waals surface area (Å²) in [5.41, 5.74) is 0.706. The predicted octanol–water partition coefficient (Wildman–Crippen LogP) is 1.69. The highest BCUT2D eigenvalue weighted by Gasteiger charge is 2.40. The van der Waals surface area contributed by atoms with Crippen LogP contribution in [-0.4, -0.2) is 73.0 Å². The smallest absolute Gasteiger partial charge is 0.406 e. The Kier molecular flexibility index (Phi) is 4.82. The maximum absolute atomic E-state index is 12.7. The van der Waals surface area contributed by atoms with Crippen molar-refractivity contribution in [3.8, 4) is 5.75 Å². The molecule has 3 saturated heterocycles. The molecule has 7 nitrogen and oxygen atoms in total. The van der Waals surface area contributed by atoms with E-state index in [0.29, 0.717) is 38.2 Å². The molecule has 3 aliphatic heterocycles. The van der Waals surface area contributed by atoms with Crippen molar-refractivity contribution in [3.63, 3.8) is 0 Å². The molecule has 1 N–H and O–H groups in total. The molecule has 3 amide bonds. The van der Waals surface area contributed by atoms with E-state index >= 15 is 0 Å². The Morgan fingerprint density at radius 3 is 2.75 bits per heavy atom. The minimum atomic E-state index is -4.73. The van der Waals surface area contributed by atoms with Crippen LogP contribution in [0.3, 0.4) is 0 Å². The Labute approximate surface area is 159 Å². The maximum atomic E-state index is 12.7. The highest BCUT2D eigenvalue weighted by molar-refractivity contribution is 5.79. The van der Waals surface area contributed by atoms with Gasteiger partial charge in [0.15, 0.2) is 0 Å². The van der Waals surface area contributed by atoms with E-state index in [2.05, 4.69) is 10.1 Å². The van der Waals surface area contributed by atoms with Crippen LogP contribution < -0.4 is 10.1 Å². The van der Waals surface area contributed by atoms with Gasteiger partial charge in [-0.15, -0.1) is 13.2 Å². The second-order valence-corrected chi connectivity index (χ2v) is 7.26. The third kappa shape index (κ3) is 4.01. The van der Waals surface area contributed by atoms with Crippen molar-refractivity contribution in [2.75, 3.05) is 32.8 Å². The molecule has 0 unspecified atom stereocenters. The molecule has 0 spiro atoms. The van der Waals surface area contributed by atoms with Crippen LogP contribution in [-0.2, 0) is 9.53 Å². The molecular formula is C18H20F3N3O4. The Morgan fingerprint density at radius 2 is 2.00 bits per heavy atom. The molecule has 1 aromatic carbocycles. The average Bonchev–Trinajstić information content (AvgIpc) is 2.58. The molecule has 2 atom stereocenters. The summed E-state index contributed by atoms with van der Waals surface area (Å²) in [7, 11) is 0. The number of ether oxygens (including phenoxy) is 2. The highest BCUT2D eigenvalue weighted by Crippen LogP contribution is 2.32. The normalized spacial score (nSPS) is 25.6. The summed E-state index contributed by atoms with van der Waals surface area (Å²) in [5.74, 6) is -0.471. The number of morpholine rings is 1. The van der Waals surface area contributed by atoms with Gasteiger partial charge in [-0.3, -0.25) is 4.79 Å². The zero-order valence-corrected chi connectivity index (χ0v) is 14.9. The molecule has 0 aliphatic carbocycles. The summed E-state index contributed by atoms with van der Waals surface area (Å²) in [6.45, 7) is 1.86. The van der Waals surface area contributed by atoms with Gasteiger partial charge < -0.3 is 24.6 Å². The van der Waals surface area contributed by atoms with Crippen LogP contribution in [0.25, 0.3) is 0 Å². The Morgan fingerprint density at radius 1 is 1.21 bits per heavy atom. The van der Waals surface area contributed by atoms with Gasteiger partial charge in [-0.05, 0) is 24.1 Å². The van der Waals surface area contributed by atoms with E-state index in [9.17, 15) is 22.8 Å². The fourth-order valence-corrected chi connectivity index (χ4v) is 3.88. The third-order valence-electron chi connectivity index (χ3n) is 5.31. The van der Waals surface area contributed by atoms with Gasteiger partial charge in [0, 0.05) is 32.1 Å². The van der Waals surface area contributed by atoms with Crippen LogP contribution in [0.15, 0.2) is 24.3 Å². The Balaban J connectivity index is 1.32. The molecule has 152 valence electrons. The van der Waals surface area contributed by atoms with Crippen molar-refractivity contribution < 1.29 is 32.2 Å². The van der Waals surface area contributed by atoms with E-state index in [0.717, 1.165) is 0 Å². The summed E-state index contributed by atoms with van der Waals surface area (Å²) in [6, 6.07) is 5.53. The standard InChI is InChI=1S/C18H20F3N3O4/c19-18(20,21)28-13-3-1-2-11(6-13)12-7-24(8-12)17(26)23-5-4-15-14(9-23)22-16(25)10-27-15/h1-3,6,12,14-15H,4-5,7-10H2,(H,22,25)/t14-,15+/m1/s1. The monoisotopic (exact) mass is 399 g/mol. The van der Waals surface area contributed by atoms with Crippen LogP contribution >= 0.6 is 0 Å². The molecule has 3 fully saturated rings. The highest BCUT2D eigenvalue weighted by atomic mass is 19.4. The molecule has 0 saturated carbocycles. The first-order valence-electron chi connectivity index (χ1n) is 9.09. The number of nitrogens with zero attached hydrogens (tertiary/aromatic N) is 2. The number of alkyl halides is 3. The second kappa shape index (κ2) is 7.16. The zero-order chi connectivity index (χ0) is 19.9. The van der Waals surface area contributed by atoms with Crippen LogP contribution in [0.4, 0.5) is 18.0 Å². The number of hydrogen-bond donors (Lipinski definition) is 1. The minimum absolute atomic E-state index is 0.0315. The van der Waals surface area contributed by atoms with Crippen LogP contribution in [0.5, 0.6) is 5.75 Å². The molecular weight excluding hydrogens is 379 g/mol. The lowest BCUT2D eigenvalue weighted by Gasteiger charge is -2.46. The number of carbonyl (C=O) groups is 2. The molecule has 0 bridgehead atoms. The molecule has 3 aliphatic rings. The fourth-order valence-electron chi connectivity index (χ4n) is 3.88. The lowest BCUT2D eigenvalue weighted by atomic mass is 9.91. The van der Waals surface area contributed by atoms with Gasteiger partial charge in [-0.25, -0.2) is 4.79 Å². The van der Waals surface area contributed by atoms with Gasteiger partial charge in [-0.1, -0.05) is 12.1 Å². The first-order valence-corrected chi connectivity index (χ1v) is 9.09. The third-order valence-corrected chi connectivity index (χ3v) is 5.31. The quantitative estimate of drug-likeness (QED) is 0.822. The van der Waals surface area contributed by atoms with Crippen LogP contribution in [0.2, 0.25) is 0 Å². The number of likely N-dealkylation sites (tertiary alicyclic amines) is 2. The van der Waals surface area contributed by atoms with Crippen molar-refractivity contribution >= 4 is 11.9 Å². The van der Waals surface area contributed by atoms with E-state index in [-0.39, 0.29) is 42.4 Å². The van der Waals surface area contributed by atoms with Gasteiger partial charge in [0.2, 0.25) is 5.91 Å². The number of piperidine rings is 1. The lowest BCUT2D eigenvalue weighted by molar-refractivity contribution is -0.274. The summed E-state index contributed by atoms with van der Waals surface area (Å²) in [4.78, 5) is 27.5. The largest absolute Gasteiger partial charge is 0.573 e. The molecule has 3 heterocycles. The first kappa shape index (κ1) is 18.9. The van der Waals surface area contributed by atoms with Crippen LogP contribution in [0.1, 0.15) is 17.9 Å². The Hall–Kier alpha value is -2.49. The van der Waals surface area contributed by atoms with Crippen molar-refractivity contribution in [2.24, 2.45) is 0 Å². The van der Waals surface area contributed by atoms with Gasteiger partial charge in [0.1, 0.15) is 12.4 Å².